The first-order valence-electron chi connectivity index (χ1n) is 6.95. The van der Waals surface area contributed by atoms with Gasteiger partial charge in [0.25, 0.3) is 0 Å². The Bertz CT molecular complexity index is 672. The van der Waals surface area contributed by atoms with E-state index in [9.17, 15) is 9.59 Å². The molecule has 0 saturated heterocycles. The van der Waals surface area contributed by atoms with Gasteiger partial charge in [-0.05, 0) is 36.8 Å². The van der Waals surface area contributed by atoms with Crippen LogP contribution in [0.5, 0.6) is 0 Å². The Labute approximate surface area is 134 Å². The third-order valence-corrected chi connectivity index (χ3v) is 4.23. The van der Waals surface area contributed by atoms with Gasteiger partial charge in [-0.15, -0.1) is 11.8 Å². The number of nitrogens with one attached hydrogen (secondary N) is 1. The Morgan fingerprint density at radius 1 is 1.09 bits per heavy atom. The molecule has 0 saturated carbocycles. The van der Waals surface area contributed by atoms with E-state index in [1.54, 1.807) is 36.9 Å². The molecule has 0 aliphatic heterocycles. The zero-order chi connectivity index (χ0) is 15.9. The highest BCUT2D eigenvalue weighted by Gasteiger charge is 2.10. The van der Waals surface area contributed by atoms with Crippen LogP contribution in [0.4, 0.5) is 5.69 Å². The number of nitrogens with two attached hydrogens (primary N) is 1. The van der Waals surface area contributed by atoms with Gasteiger partial charge < -0.3 is 11.1 Å². The summed E-state index contributed by atoms with van der Waals surface area (Å²) in [5.74, 6) is 0.131. The second-order valence-corrected chi connectivity index (χ2v) is 5.97. The highest BCUT2D eigenvalue weighted by molar-refractivity contribution is 7.99. The van der Waals surface area contributed by atoms with Crippen LogP contribution in [0.25, 0.3) is 0 Å². The molecule has 22 heavy (non-hydrogen) atoms. The second kappa shape index (κ2) is 7.66. The topological polar surface area (TPSA) is 72.2 Å². The molecule has 2 amide bonds. The van der Waals surface area contributed by atoms with Crippen molar-refractivity contribution in [3.63, 3.8) is 0 Å². The average Bonchev–Trinajstić information content (AvgIpc) is 2.50. The van der Waals surface area contributed by atoms with E-state index in [-0.39, 0.29) is 5.91 Å². The van der Waals surface area contributed by atoms with Gasteiger partial charge in [0, 0.05) is 28.3 Å². The predicted octanol–water partition coefficient (Wildman–Crippen LogP) is 3.21. The van der Waals surface area contributed by atoms with E-state index < -0.39 is 5.91 Å². The molecule has 2 rings (SSSR count). The maximum Gasteiger partial charge on any atom is 0.249 e. The van der Waals surface area contributed by atoms with E-state index in [4.69, 9.17) is 5.73 Å². The zero-order valence-corrected chi connectivity index (χ0v) is 13.2. The molecular formula is C17H18N2O2S. The number of thioether (sulfide) groups is 1. The summed E-state index contributed by atoms with van der Waals surface area (Å²) in [5.41, 5.74) is 7.06. The first-order chi connectivity index (χ1) is 10.6. The maximum absolute atomic E-state index is 12.0. The third-order valence-electron chi connectivity index (χ3n) is 3.21. The van der Waals surface area contributed by atoms with E-state index in [2.05, 4.69) is 5.32 Å². The first-order valence-corrected chi connectivity index (χ1v) is 7.93. The van der Waals surface area contributed by atoms with Crippen LogP contribution >= 0.6 is 11.8 Å². The van der Waals surface area contributed by atoms with Crippen molar-refractivity contribution in [2.24, 2.45) is 5.73 Å². The van der Waals surface area contributed by atoms with Crippen molar-refractivity contribution in [1.82, 2.24) is 0 Å². The summed E-state index contributed by atoms with van der Waals surface area (Å²) < 4.78 is 0. The fourth-order valence-electron chi connectivity index (χ4n) is 2.03. The zero-order valence-electron chi connectivity index (χ0n) is 12.3. The molecule has 5 heteroatoms. The number of anilines is 1. The van der Waals surface area contributed by atoms with Gasteiger partial charge in [0.05, 0.1) is 0 Å². The fourth-order valence-corrected chi connectivity index (χ4v) is 2.90. The maximum atomic E-state index is 12.0. The van der Waals surface area contributed by atoms with Crippen molar-refractivity contribution >= 4 is 29.3 Å². The molecule has 0 unspecified atom stereocenters. The van der Waals surface area contributed by atoms with Crippen LogP contribution in [-0.2, 0) is 4.79 Å². The lowest BCUT2D eigenvalue weighted by Crippen LogP contribution is -2.17. The van der Waals surface area contributed by atoms with Crippen LogP contribution < -0.4 is 11.1 Å². The summed E-state index contributed by atoms with van der Waals surface area (Å²) in [6.45, 7) is 1.77. The first kappa shape index (κ1) is 16.1. The van der Waals surface area contributed by atoms with Crippen molar-refractivity contribution in [2.45, 2.75) is 18.2 Å². The van der Waals surface area contributed by atoms with Crippen molar-refractivity contribution in [2.75, 3.05) is 11.1 Å². The molecule has 0 aliphatic carbocycles. The molecule has 0 spiro atoms. The Kier molecular flexibility index (Phi) is 5.61. The normalized spacial score (nSPS) is 10.2. The average molecular weight is 314 g/mol. The highest BCUT2D eigenvalue weighted by Crippen LogP contribution is 2.20. The number of carbonyl (C=O) groups excluding carboxylic acids is 2. The molecule has 0 aromatic heterocycles. The lowest BCUT2D eigenvalue weighted by molar-refractivity contribution is -0.115. The number of amides is 2. The minimum atomic E-state index is -0.492. The van der Waals surface area contributed by atoms with Crippen LogP contribution in [0.15, 0.2) is 53.4 Å². The minimum absolute atomic E-state index is 0.0758. The van der Waals surface area contributed by atoms with Crippen LogP contribution in [0, 0.1) is 6.92 Å². The van der Waals surface area contributed by atoms with Crippen LogP contribution in [0.2, 0.25) is 0 Å². The quantitative estimate of drug-likeness (QED) is 0.804. The van der Waals surface area contributed by atoms with Crippen molar-refractivity contribution in [3.05, 3.63) is 59.7 Å². The summed E-state index contributed by atoms with van der Waals surface area (Å²) >= 11 is 1.64. The highest BCUT2D eigenvalue weighted by atomic mass is 32.2. The van der Waals surface area contributed by atoms with Gasteiger partial charge in [0.15, 0.2) is 0 Å². The van der Waals surface area contributed by atoms with Crippen LogP contribution in [-0.4, -0.2) is 17.6 Å². The minimum Gasteiger partial charge on any atom is -0.366 e. The molecule has 114 valence electrons. The van der Waals surface area contributed by atoms with E-state index in [0.717, 1.165) is 4.90 Å². The molecule has 0 heterocycles. The van der Waals surface area contributed by atoms with E-state index >= 15 is 0 Å². The number of hydrogen-bond acceptors (Lipinski definition) is 3. The summed E-state index contributed by atoms with van der Waals surface area (Å²) in [6, 6.07) is 15.1. The Morgan fingerprint density at radius 2 is 1.82 bits per heavy atom. The van der Waals surface area contributed by atoms with Crippen molar-refractivity contribution in [1.29, 1.82) is 0 Å². The Hall–Kier alpha value is -2.27. The molecule has 0 atom stereocenters. The third kappa shape index (κ3) is 4.36. The monoisotopic (exact) mass is 314 g/mol. The molecule has 2 aromatic rings. The Balaban J connectivity index is 1.90. The van der Waals surface area contributed by atoms with E-state index in [0.29, 0.717) is 29.0 Å². The molecule has 0 bridgehead atoms. The van der Waals surface area contributed by atoms with Crippen molar-refractivity contribution < 1.29 is 9.59 Å². The van der Waals surface area contributed by atoms with Crippen LogP contribution in [0.3, 0.4) is 0 Å². The van der Waals surface area contributed by atoms with Gasteiger partial charge in [-0.2, -0.15) is 0 Å². The predicted molar refractivity (Wildman–Crippen MR) is 90.1 cm³/mol. The van der Waals surface area contributed by atoms with Gasteiger partial charge in [0.1, 0.15) is 0 Å². The van der Waals surface area contributed by atoms with Crippen LogP contribution in [0.1, 0.15) is 22.3 Å². The summed E-state index contributed by atoms with van der Waals surface area (Å²) in [7, 11) is 0. The van der Waals surface area contributed by atoms with E-state index in [1.807, 2.05) is 30.3 Å². The number of primary amides is 1. The number of benzene rings is 2. The number of rotatable bonds is 6. The van der Waals surface area contributed by atoms with Gasteiger partial charge >= 0.3 is 0 Å². The Morgan fingerprint density at radius 3 is 2.50 bits per heavy atom. The van der Waals surface area contributed by atoms with Crippen molar-refractivity contribution in [3.8, 4) is 0 Å². The number of hydrogen-bond donors (Lipinski definition) is 2. The molecule has 0 aliphatic rings. The van der Waals surface area contributed by atoms with Gasteiger partial charge in [-0.1, -0.05) is 24.3 Å². The lowest BCUT2D eigenvalue weighted by atomic mass is 10.1. The molecule has 4 nitrogen and oxygen atoms in total. The largest absolute Gasteiger partial charge is 0.366 e. The summed E-state index contributed by atoms with van der Waals surface area (Å²) in [5, 5.41) is 2.83. The standard InChI is InChI=1S/C17H18N2O2S/c1-12-14(17(18)21)8-5-9-15(12)19-16(20)10-11-22-13-6-3-2-4-7-13/h2-9H,10-11H2,1H3,(H2,18,21)(H,19,20). The van der Waals surface area contributed by atoms with Gasteiger partial charge in [-0.25, -0.2) is 0 Å². The fraction of sp³-hybridized carbons (Fsp3) is 0.176. The second-order valence-electron chi connectivity index (χ2n) is 4.80. The number of carbonyl (C=O) groups is 2. The molecule has 0 fully saturated rings. The van der Waals surface area contributed by atoms with E-state index in [1.165, 1.54) is 0 Å². The lowest BCUT2D eigenvalue weighted by Gasteiger charge is -2.10. The molecule has 0 radical (unpaired) electrons. The smallest absolute Gasteiger partial charge is 0.249 e. The summed E-state index contributed by atoms with van der Waals surface area (Å²) in [6.07, 6.45) is 0.403. The SMILES string of the molecule is Cc1c(NC(=O)CCSc2ccccc2)cccc1C(N)=O. The van der Waals surface area contributed by atoms with Gasteiger partial charge in [-0.3, -0.25) is 9.59 Å². The molecule has 3 N–H and O–H groups in total. The summed E-state index contributed by atoms with van der Waals surface area (Å²) in [4.78, 5) is 24.4. The molecule has 2 aromatic carbocycles. The molecular weight excluding hydrogens is 296 g/mol. The van der Waals surface area contributed by atoms with Gasteiger partial charge in [0.2, 0.25) is 11.8 Å².